The highest BCUT2D eigenvalue weighted by molar-refractivity contribution is 6.29. The van der Waals surface area contributed by atoms with E-state index in [1.807, 2.05) is 6.07 Å². The molecule has 304 valence electrons. The minimum absolute atomic E-state index is 0.0235. The van der Waals surface area contributed by atoms with Crippen LogP contribution < -0.4 is 14.5 Å². The molecular weight excluding hydrogens is 793 g/mol. The summed E-state index contributed by atoms with van der Waals surface area (Å²) in [6, 6.07) is 64.3. The SMILES string of the molecule is C1=CC2Oc3ccccc3C2C(N(c2cccc3c2C=CC2=C[C@H]23)c2ccc3ccc4c(N(c5cccc6ccccc56)c5cccc6oc7ccccc7c56)ccc5ccc2c3c54)=C1. The summed E-state index contributed by atoms with van der Waals surface area (Å²) in [5.41, 5.74) is 13.9. The number of anilines is 5. The Balaban J connectivity index is 1.01. The Kier molecular flexibility index (Phi) is 7.09. The number of nitrogens with zero attached hydrogens (tertiary/aromatic N) is 2. The summed E-state index contributed by atoms with van der Waals surface area (Å²) in [7, 11) is 0. The lowest BCUT2D eigenvalue weighted by molar-refractivity contribution is 0.264. The molecule has 0 spiro atoms. The fourth-order valence-electron chi connectivity index (χ4n) is 11.6. The summed E-state index contributed by atoms with van der Waals surface area (Å²) in [4.78, 5) is 5.04. The molecular formula is C61H38N2O2. The van der Waals surface area contributed by atoms with Crippen molar-refractivity contribution >= 4 is 99.5 Å². The van der Waals surface area contributed by atoms with Crippen LogP contribution in [0.3, 0.4) is 0 Å². The van der Waals surface area contributed by atoms with Gasteiger partial charge in [0, 0.05) is 44.3 Å². The van der Waals surface area contributed by atoms with E-state index in [1.54, 1.807) is 0 Å². The molecule has 0 fully saturated rings. The van der Waals surface area contributed by atoms with Crippen molar-refractivity contribution in [2.24, 2.45) is 0 Å². The number of allylic oxidation sites excluding steroid dienone is 5. The van der Waals surface area contributed by atoms with E-state index < -0.39 is 0 Å². The zero-order valence-electron chi connectivity index (χ0n) is 35.2. The van der Waals surface area contributed by atoms with Gasteiger partial charge in [0.05, 0.1) is 39.7 Å². The molecule has 0 amide bonds. The van der Waals surface area contributed by atoms with Crippen LogP contribution in [0.1, 0.15) is 28.5 Å². The molecule has 0 bridgehead atoms. The molecule has 11 aromatic rings. The molecule has 0 saturated heterocycles. The summed E-state index contributed by atoms with van der Waals surface area (Å²) in [5.74, 6) is 1.37. The van der Waals surface area contributed by atoms with Crippen LogP contribution in [0.4, 0.5) is 28.4 Å². The van der Waals surface area contributed by atoms with Gasteiger partial charge < -0.3 is 19.0 Å². The normalized spacial score (nSPS) is 17.9. The lowest BCUT2D eigenvalue weighted by Crippen LogP contribution is -2.30. The first-order chi connectivity index (χ1) is 32.2. The third kappa shape index (κ3) is 4.97. The van der Waals surface area contributed by atoms with Crippen LogP contribution in [0.25, 0.3) is 71.1 Å². The first-order valence-electron chi connectivity index (χ1n) is 22.6. The number of ether oxygens (including phenoxy) is 1. The minimum atomic E-state index is -0.0964. The van der Waals surface area contributed by atoms with Gasteiger partial charge in [-0.2, -0.15) is 0 Å². The van der Waals surface area contributed by atoms with Crippen LogP contribution in [-0.4, -0.2) is 6.10 Å². The molecule has 4 heteroatoms. The summed E-state index contributed by atoms with van der Waals surface area (Å²) >= 11 is 0. The molecule has 1 aliphatic heterocycles. The van der Waals surface area contributed by atoms with Crippen LogP contribution in [-0.2, 0) is 0 Å². The van der Waals surface area contributed by atoms with Crippen molar-refractivity contribution < 1.29 is 9.15 Å². The average Bonchev–Trinajstić information content (AvgIpc) is 3.93. The molecule has 3 aliphatic carbocycles. The van der Waals surface area contributed by atoms with Gasteiger partial charge in [0.25, 0.3) is 0 Å². The third-order valence-electron chi connectivity index (χ3n) is 14.5. The number of hydrogen-bond acceptors (Lipinski definition) is 4. The molecule has 0 saturated carbocycles. The second-order valence-electron chi connectivity index (χ2n) is 17.8. The molecule has 10 aromatic carbocycles. The van der Waals surface area contributed by atoms with E-state index in [1.165, 1.54) is 76.7 Å². The lowest BCUT2D eigenvalue weighted by atomic mass is 9.85. The Bertz CT molecular complexity index is 3970. The Morgan fingerprint density at radius 2 is 1.08 bits per heavy atom. The topological polar surface area (TPSA) is 28.9 Å². The minimum Gasteiger partial charge on any atom is -0.485 e. The second-order valence-corrected chi connectivity index (χ2v) is 17.8. The van der Waals surface area contributed by atoms with E-state index in [2.05, 4.69) is 216 Å². The van der Waals surface area contributed by atoms with E-state index >= 15 is 0 Å². The highest BCUT2D eigenvalue weighted by Crippen LogP contribution is 2.55. The monoisotopic (exact) mass is 830 g/mol. The summed E-state index contributed by atoms with van der Waals surface area (Å²) in [6.07, 6.45) is 13.6. The van der Waals surface area contributed by atoms with Crippen LogP contribution >= 0.6 is 0 Å². The molecule has 4 nitrogen and oxygen atoms in total. The van der Waals surface area contributed by atoms with Crippen molar-refractivity contribution in [3.8, 4) is 5.75 Å². The van der Waals surface area contributed by atoms with Crippen LogP contribution in [0.2, 0.25) is 0 Å². The van der Waals surface area contributed by atoms with Gasteiger partial charge in [-0.05, 0) is 98.8 Å². The first-order valence-corrected chi connectivity index (χ1v) is 22.6. The highest BCUT2D eigenvalue weighted by Gasteiger charge is 2.41. The largest absolute Gasteiger partial charge is 0.485 e. The van der Waals surface area contributed by atoms with Crippen LogP contribution in [0, 0.1) is 0 Å². The molecule has 15 rings (SSSR count). The van der Waals surface area contributed by atoms with Gasteiger partial charge in [-0.15, -0.1) is 0 Å². The number of rotatable bonds is 6. The Morgan fingerprint density at radius 3 is 1.95 bits per heavy atom. The Morgan fingerprint density at radius 1 is 0.431 bits per heavy atom. The zero-order chi connectivity index (χ0) is 42.3. The number of fused-ring (bicyclic) bond motifs is 10. The number of benzene rings is 10. The fraction of sp³-hybridized carbons (Fsp3) is 0.0492. The summed E-state index contributed by atoms with van der Waals surface area (Å²) in [5, 5.41) is 11.9. The van der Waals surface area contributed by atoms with Crippen molar-refractivity contribution in [2.45, 2.75) is 17.9 Å². The van der Waals surface area contributed by atoms with Gasteiger partial charge in [0.15, 0.2) is 0 Å². The maximum atomic E-state index is 6.67. The standard InChI is InChI=1S/C61H38N2O2/c1-2-13-40-36(11-1)12-7-17-48(40)62(52-19-9-23-56-60(52)45-14-3-5-21-54(45)64-56)50-33-28-37-26-32-44-51(34-29-38-25-31-43(50)58(37)59(38)44)63(49-18-8-16-41-42(49)30-27-39-35-47(39)41)53-20-10-24-57-61(53)46-15-4-6-22-55(46)65-57/h1-35,47,57,61H/t47-,57?,61?/m1/s1. The maximum Gasteiger partial charge on any atom is 0.137 e. The van der Waals surface area contributed by atoms with Gasteiger partial charge in [-0.1, -0.05) is 152 Å². The summed E-state index contributed by atoms with van der Waals surface area (Å²) < 4.78 is 13.2. The third-order valence-corrected chi connectivity index (χ3v) is 14.5. The van der Waals surface area contributed by atoms with E-state index in [-0.39, 0.29) is 12.0 Å². The number of hydrogen-bond donors (Lipinski definition) is 0. The molecule has 2 unspecified atom stereocenters. The lowest BCUT2D eigenvalue weighted by Gasteiger charge is -2.36. The summed E-state index contributed by atoms with van der Waals surface area (Å²) in [6.45, 7) is 0. The first kappa shape index (κ1) is 35.2. The average molecular weight is 831 g/mol. The van der Waals surface area contributed by atoms with Crippen molar-refractivity contribution in [3.05, 3.63) is 234 Å². The molecule has 1 aromatic heterocycles. The van der Waals surface area contributed by atoms with Gasteiger partial charge in [0.1, 0.15) is 23.0 Å². The predicted octanol–water partition coefficient (Wildman–Crippen LogP) is 16.3. The Hall–Kier alpha value is -8.34. The van der Waals surface area contributed by atoms with Crippen molar-refractivity contribution in [1.29, 1.82) is 0 Å². The maximum absolute atomic E-state index is 6.67. The van der Waals surface area contributed by atoms with E-state index in [4.69, 9.17) is 9.15 Å². The molecule has 4 aliphatic rings. The van der Waals surface area contributed by atoms with E-state index in [0.29, 0.717) is 5.92 Å². The Labute approximate surface area is 374 Å². The van der Waals surface area contributed by atoms with E-state index in [9.17, 15) is 0 Å². The number of furan rings is 1. The van der Waals surface area contributed by atoms with Crippen molar-refractivity contribution in [1.82, 2.24) is 0 Å². The highest BCUT2D eigenvalue weighted by atomic mass is 16.5. The van der Waals surface area contributed by atoms with Gasteiger partial charge in [-0.25, -0.2) is 0 Å². The molecule has 3 atom stereocenters. The van der Waals surface area contributed by atoms with Gasteiger partial charge >= 0.3 is 0 Å². The van der Waals surface area contributed by atoms with Gasteiger partial charge in [0.2, 0.25) is 0 Å². The van der Waals surface area contributed by atoms with Crippen molar-refractivity contribution in [2.75, 3.05) is 9.80 Å². The van der Waals surface area contributed by atoms with Crippen LogP contribution in [0.5, 0.6) is 5.75 Å². The van der Waals surface area contributed by atoms with Gasteiger partial charge in [-0.3, -0.25) is 0 Å². The van der Waals surface area contributed by atoms with Crippen molar-refractivity contribution in [3.63, 3.8) is 0 Å². The molecule has 65 heavy (non-hydrogen) atoms. The quantitative estimate of drug-likeness (QED) is 0.156. The second kappa shape index (κ2) is 13.1. The van der Waals surface area contributed by atoms with Crippen LogP contribution in [0.15, 0.2) is 222 Å². The molecule has 0 N–H and O–H groups in total. The molecule has 2 heterocycles. The molecule has 0 radical (unpaired) electrons. The number of para-hydroxylation sites is 2. The van der Waals surface area contributed by atoms with E-state index in [0.717, 1.165) is 50.4 Å². The zero-order valence-corrected chi connectivity index (χ0v) is 35.2. The predicted molar refractivity (Wildman–Crippen MR) is 269 cm³/mol. The fourth-order valence-corrected chi connectivity index (χ4v) is 11.6. The smallest absolute Gasteiger partial charge is 0.137 e.